The van der Waals surface area contributed by atoms with Crippen molar-refractivity contribution in [1.29, 1.82) is 0 Å². The van der Waals surface area contributed by atoms with Gasteiger partial charge in [0.05, 0.1) is 23.9 Å². The van der Waals surface area contributed by atoms with Gasteiger partial charge < -0.3 is 24.7 Å². The molecule has 40 heavy (non-hydrogen) atoms. The Labute approximate surface area is 234 Å². The van der Waals surface area contributed by atoms with Crippen molar-refractivity contribution < 1.29 is 19.3 Å². The van der Waals surface area contributed by atoms with E-state index >= 15 is 0 Å². The molecular formula is C31H38FN5O3. The normalized spacial score (nSPS) is 27.1. The number of phenolic OH excluding ortho intramolecular Hbond substituents is 1. The molecule has 0 bridgehead atoms. The summed E-state index contributed by atoms with van der Waals surface area (Å²) in [4.78, 5) is 16.7. The largest absolute Gasteiger partial charge is 0.508 e. The molecule has 2 N–H and O–H groups in total. The molecule has 1 aromatic heterocycles. The molecule has 5 heterocycles. The summed E-state index contributed by atoms with van der Waals surface area (Å²) in [5, 5.41) is 22.9. The van der Waals surface area contributed by atoms with Crippen LogP contribution in [0.15, 0.2) is 36.4 Å². The van der Waals surface area contributed by atoms with Gasteiger partial charge in [-0.3, -0.25) is 4.90 Å². The van der Waals surface area contributed by atoms with Crippen molar-refractivity contribution in [2.45, 2.75) is 69.3 Å². The first kappa shape index (κ1) is 25.8. The van der Waals surface area contributed by atoms with Crippen LogP contribution in [0.5, 0.6) is 11.8 Å². The van der Waals surface area contributed by atoms with Gasteiger partial charge in [-0.15, -0.1) is 0 Å². The predicted molar refractivity (Wildman–Crippen MR) is 153 cm³/mol. The summed E-state index contributed by atoms with van der Waals surface area (Å²) < 4.78 is 20.7. The summed E-state index contributed by atoms with van der Waals surface area (Å²) in [7, 11) is 0. The summed E-state index contributed by atoms with van der Waals surface area (Å²) in [6.07, 6.45) is 4.62. The van der Waals surface area contributed by atoms with E-state index < -0.39 is 6.17 Å². The van der Waals surface area contributed by atoms with Gasteiger partial charge in [0, 0.05) is 55.3 Å². The number of hydrogen-bond acceptors (Lipinski definition) is 8. The van der Waals surface area contributed by atoms with E-state index in [0.29, 0.717) is 38.5 Å². The predicted octanol–water partition coefficient (Wildman–Crippen LogP) is 4.20. The molecule has 0 saturated carbocycles. The second-order valence-electron chi connectivity index (χ2n) is 12.0. The third kappa shape index (κ3) is 4.73. The second kappa shape index (κ2) is 10.3. The zero-order valence-electron chi connectivity index (χ0n) is 22.9. The summed E-state index contributed by atoms with van der Waals surface area (Å²) in [5.74, 6) is 1.16. The van der Waals surface area contributed by atoms with Crippen LogP contribution in [-0.4, -0.2) is 82.2 Å². The van der Waals surface area contributed by atoms with Crippen LogP contribution in [0.25, 0.3) is 10.8 Å². The molecule has 0 spiro atoms. The quantitative estimate of drug-likeness (QED) is 0.492. The van der Waals surface area contributed by atoms with Crippen molar-refractivity contribution >= 4 is 22.3 Å². The third-order valence-corrected chi connectivity index (χ3v) is 9.42. The summed E-state index contributed by atoms with van der Waals surface area (Å²) in [6, 6.07) is 12.1. The number of phenols is 1. The molecule has 3 unspecified atom stereocenters. The molecule has 8 nitrogen and oxygen atoms in total. The first-order valence-electron chi connectivity index (χ1n) is 14.8. The zero-order chi connectivity index (χ0) is 27.3. The van der Waals surface area contributed by atoms with E-state index in [4.69, 9.17) is 14.7 Å². The highest BCUT2D eigenvalue weighted by atomic mass is 19.1. The van der Waals surface area contributed by atoms with Gasteiger partial charge in [-0.25, -0.2) is 4.39 Å². The molecule has 3 atom stereocenters. The number of aliphatic hydroxyl groups excluding tert-OH is 1. The fraction of sp³-hybridized carbons (Fsp3) is 0.548. The number of benzene rings is 2. The van der Waals surface area contributed by atoms with Crippen LogP contribution in [0.2, 0.25) is 0 Å². The highest BCUT2D eigenvalue weighted by molar-refractivity contribution is 5.95. The minimum atomic E-state index is -0.807. The Balaban J connectivity index is 1.23. The van der Waals surface area contributed by atoms with Crippen molar-refractivity contribution in [2.75, 3.05) is 49.1 Å². The van der Waals surface area contributed by atoms with E-state index in [1.54, 1.807) is 6.07 Å². The number of halogens is 1. The maximum Gasteiger partial charge on any atom is 0.318 e. The Hall–Kier alpha value is -3.17. The molecule has 0 aliphatic carbocycles. The number of aromatic nitrogens is 2. The van der Waals surface area contributed by atoms with Gasteiger partial charge in [0.25, 0.3) is 0 Å². The average Bonchev–Trinajstić information content (AvgIpc) is 3.38. The second-order valence-corrected chi connectivity index (χ2v) is 12.0. The minimum Gasteiger partial charge on any atom is -0.508 e. The zero-order valence-corrected chi connectivity index (χ0v) is 22.9. The van der Waals surface area contributed by atoms with E-state index in [-0.39, 0.29) is 17.4 Å². The number of alkyl halides is 1. The smallest absolute Gasteiger partial charge is 0.318 e. The third-order valence-electron chi connectivity index (χ3n) is 9.42. The Bertz CT molecular complexity index is 1400. The van der Waals surface area contributed by atoms with E-state index in [9.17, 15) is 14.6 Å². The lowest BCUT2D eigenvalue weighted by molar-refractivity contribution is 0.107. The van der Waals surface area contributed by atoms with Gasteiger partial charge in [-0.05, 0) is 56.5 Å². The molecule has 3 fully saturated rings. The molecule has 4 aliphatic rings. The number of aromatic hydroxyl groups is 1. The van der Waals surface area contributed by atoms with Crippen molar-refractivity contribution in [2.24, 2.45) is 0 Å². The number of aliphatic hydroxyl groups is 1. The highest BCUT2D eigenvalue weighted by Gasteiger charge is 2.49. The lowest BCUT2D eigenvalue weighted by Crippen LogP contribution is -2.43. The number of nitrogens with zero attached hydrogens (tertiary/aromatic N) is 5. The standard InChI is InChI=1S/C31H38FN5O3/c32-22-17-31(10-4-12-37(31)18-22)20-40-30-33-27-19-36(28-16-24(39)15-21-5-1-2-7-25(21)28)14-9-26(27)29(34-30)35-11-3-6-23(38)8-13-35/h1-2,5,7,15-16,22-23,38-39H,3-4,6,8-14,17-20H2. The van der Waals surface area contributed by atoms with E-state index in [2.05, 4.69) is 20.8 Å². The van der Waals surface area contributed by atoms with Crippen molar-refractivity contribution in [3.05, 3.63) is 47.7 Å². The van der Waals surface area contributed by atoms with Gasteiger partial charge in [0.2, 0.25) is 0 Å². The molecule has 4 aliphatic heterocycles. The topological polar surface area (TPSA) is 85.2 Å². The van der Waals surface area contributed by atoms with Crippen LogP contribution >= 0.6 is 0 Å². The maximum atomic E-state index is 14.4. The summed E-state index contributed by atoms with van der Waals surface area (Å²) >= 11 is 0. The summed E-state index contributed by atoms with van der Waals surface area (Å²) in [5.41, 5.74) is 2.79. The van der Waals surface area contributed by atoms with Crippen molar-refractivity contribution in [3.8, 4) is 11.8 Å². The Morgan fingerprint density at radius 2 is 1.93 bits per heavy atom. The Kier molecular flexibility index (Phi) is 6.66. The first-order chi connectivity index (χ1) is 19.5. The van der Waals surface area contributed by atoms with Crippen LogP contribution in [-0.2, 0) is 13.0 Å². The van der Waals surface area contributed by atoms with Crippen LogP contribution in [0.3, 0.4) is 0 Å². The van der Waals surface area contributed by atoms with Crippen LogP contribution in [0, 0.1) is 0 Å². The van der Waals surface area contributed by atoms with Crippen molar-refractivity contribution in [1.82, 2.24) is 14.9 Å². The van der Waals surface area contributed by atoms with Gasteiger partial charge in [-0.1, -0.05) is 24.3 Å². The van der Waals surface area contributed by atoms with E-state index in [0.717, 1.165) is 91.8 Å². The van der Waals surface area contributed by atoms with Gasteiger partial charge in [-0.2, -0.15) is 9.97 Å². The Morgan fingerprint density at radius 1 is 1.02 bits per heavy atom. The molecule has 0 amide bonds. The fourth-order valence-electron chi connectivity index (χ4n) is 7.40. The Morgan fingerprint density at radius 3 is 2.85 bits per heavy atom. The molecular weight excluding hydrogens is 509 g/mol. The van der Waals surface area contributed by atoms with Crippen molar-refractivity contribution in [3.63, 3.8) is 0 Å². The molecule has 0 radical (unpaired) electrons. The van der Waals surface area contributed by atoms with Crippen LogP contribution in [0.1, 0.15) is 49.8 Å². The molecule has 212 valence electrons. The lowest BCUT2D eigenvalue weighted by atomic mass is 9.95. The monoisotopic (exact) mass is 547 g/mol. The number of anilines is 2. The molecule has 3 aromatic rings. The minimum absolute atomic E-state index is 0.248. The van der Waals surface area contributed by atoms with Gasteiger partial charge >= 0.3 is 6.01 Å². The highest BCUT2D eigenvalue weighted by Crippen LogP contribution is 2.41. The number of rotatable bonds is 5. The van der Waals surface area contributed by atoms with Gasteiger partial charge in [0.15, 0.2) is 0 Å². The SMILES string of the molecule is Oc1cc(N2CCc3c(nc(OCC45CCCN4CC(F)C5)nc3N3CCCC(O)CC3)C2)c2ccccc2c1. The number of ether oxygens (including phenoxy) is 1. The first-order valence-corrected chi connectivity index (χ1v) is 14.8. The van der Waals surface area contributed by atoms with E-state index in [1.807, 2.05) is 24.3 Å². The lowest BCUT2D eigenvalue weighted by Gasteiger charge is -2.34. The molecule has 2 aromatic carbocycles. The number of fused-ring (bicyclic) bond motifs is 3. The average molecular weight is 548 g/mol. The van der Waals surface area contributed by atoms with E-state index in [1.165, 1.54) is 0 Å². The fourth-order valence-corrected chi connectivity index (χ4v) is 7.40. The van der Waals surface area contributed by atoms with Crippen LogP contribution < -0.4 is 14.5 Å². The van der Waals surface area contributed by atoms with Gasteiger partial charge in [0.1, 0.15) is 24.3 Å². The summed E-state index contributed by atoms with van der Waals surface area (Å²) in [6.45, 7) is 4.74. The number of hydrogen-bond donors (Lipinski definition) is 2. The molecule has 3 saturated heterocycles. The molecule has 9 heteroatoms. The van der Waals surface area contributed by atoms with Crippen LogP contribution in [0.4, 0.5) is 15.9 Å². The maximum absolute atomic E-state index is 14.4. The molecule has 7 rings (SSSR count).